The normalized spacial score (nSPS) is 11.7. The fourth-order valence-electron chi connectivity index (χ4n) is 2.04. The van der Waals surface area contributed by atoms with Gasteiger partial charge in [-0.15, -0.1) is 0 Å². The quantitative estimate of drug-likeness (QED) is 0.787. The van der Waals surface area contributed by atoms with Crippen LogP contribution in [0.5, 0.6) is 0 Å². The van der Waals surface area contributed by atoms with Gasteiger partial charge < -0.3 is 15.4 Å². The molecule has 0 fully saturated rings. The molecule has 0 heterocycles. The van der Waals surface area contributed by atoms with E-state index < -0.39 is 17.9 Å². The summed E-state index contributed by atoms with van der Waals surface area (Å²) in [5.74, 6) is -0.971. The molecule has 0 saturated heterocycles. The number of hydrogen-bond acceptors (Lipinski definition) is 4. The number of carbonyl (C=O) groups is 3. The topological polar surface area (TPSA) is 84.5 Å². The van der Waals surface area contributed by atoms with Crippen molar-refractivity contribution in [1.29, 1.82) is 0 Å². The van der Waals surface area contributed by atoms with Crippen LogP contribution in [0.1, 0.15) is 37.6 Å². The summed E-state index contributed by atoms with van der Waals surface area (Å²) >= 11 is 0. The Morgan fingerprint density at radius 1 is 1.18 bits per heavy atom. The van der Waals surface area contributed by atoms with Gasteiger partial charge >= 0.3 is 5.97 Å². The maximum atomic E-state index is 12.4. The van der Waals surface area contributed by atoms with Crippen molar-refractivity contribution in [1.82, 2.24) is 5.32 Å². The van der Waals surface area contributed by atoms with E-state index in [0.717, 1.165) is 0 Å². The first kappa shape index (κ1) is 17.7. The van der Waals surface area contributed by atoms with Crippen LogP contribution in [0.15, 0.2) is 24.3 Å². The molecule has 0 radical (unpaired) electrons. The highest BCUT2D eigenvalue weighted by atomic mass is 16.5. The molecule has 0 aliphatic carbocycles. The van der Waals surface area contributed by atoms with Crippen LogP contribution in [0.25, 0.3) is 0 Å². The van der Waals surface area contributed by atoms with Crippen LogP contribution in [0.3, 0.4) is 0 Å². The van der Waals surface area contributed by atoms with Crippen LogP contribution in [-0.2, 0) is 14.3 Å². The van der Waals surface area contributed by atoms with Crippen LogP contribution in [0.2, 0.25) is 0 Å². The number of nitrogens with one attached hydrogen (secondary N) is 2. The minimum absolute atomic E-state index is 0.218. The lowest BCUT2D eigenvalue weighted by Gasteiger charge is -2.19. The maximum Gasteiger partial charge on any atom is 0.328 e. The fourth-order valence-corrected chi connectivity index (χ4v) is 2.04. The average Bonchev–Trinajstić information content (AvgIpc) is 2.45. The van der Waals surface area contributed by atoms with Gasteiger partial charge in [0.25, 0.3) is 5.91 Å². The van der Waals surface area contributed by atoms with Crippen molar-refractivity contribution in [3.05, 3.63) is 29.8 Å². The minimum atomic E-state index is -0.720. The molecule has 0 aliphatic heterocycles. The van der Waals surface area contributed by atoms with Crippen molar-refractivity contribution in [2.24, 2.45) is 5.92 Å². The molecule has 6 heteroatoms. The van der Waals surface area contributed by atoms with E-state index in [9.17, 15) is 14.4 Å². The predicted molar refractivity (Wildman–Crippen MR) is 83.5 cm³/mol. The van der Waals surface area contributed by atoms with Gasteiger partial charge in [-0.1, -0.05) is 26.0 Å². The fraction of sp³-hybridized carbons (Fsp3) is 0.438. The third-order valence-corrected chi connectivity index (χ3v) is 2.98. The number of ether oxygens (including phenoxy) is 1. The highest BCUT2D eigenvalue weighted by Gasteiger charge is 2.24. The van der Waals surface area contributed by atoms with Crippen LogP contribution < -0.4 is 10.6 Å². The monoisotopic (exact) mass is 306 g/mol. The number of anilines is 1. The molecule has 0 aliphatic rings. The Labute approximate surface area is 130 Å². The zero-order valence-electron chi connectivity index (χ0n) is 13.3. The number of carbonyl (C=O) groups excluding carboxylic acids is 3. The number of methoxy groups -OCH3 is 1. The molecule has 6 nitrogen and oxygen atoms in total. The van der Waals surface area contributed by atoms with E-state index in [0.29, 0.717) is 17.7 Å². The smallest absolute Gasteiger partial charge is 0.328 e. The number of amides is 2. The molecule has 2 amide bonds. The Kier molecular flexibility index (Phi) is 6.56. The molecule has 2 N–H and O–H groups in total. The van der Waals surface area contributed by atoms with E-state index in [1.165, 1.54) is 14.0 Å². The van der Waals surface area contributed by atoms with E-state index in [-0.39, 0.29) is 11.8 Å². The second-order valence-corrected chi connectivity index (χ2v) is 5.41. The van der Waals surface area contributed by atoms with E-state index in [4.69, 9.17) is 4.74 Å². The summed E-state index contributed by atoms with van der Waals surface area (Å²) in [4.78, 5) is 35.4. The van der Waals surface area contributed by atoms with Crippen molar-refractivity contribution in [2.75, 3.05) is 12.4 Å². The third-order valence-electron chi connectivity index (χ3n) is 2.98. The minimum Gasteiger partial charge on any atom is -0.467 e. The summed E-state index contributed by atoms with van der Waals surface area (Å²) in [5, 5.41) is 5.26. The highest BCUT2D eigenvalue weighted by Crippen LogP contribution is 2.16. The van der Waals surface area contributed by atoms with Gasteiger partial charge in [0, 0.05) is 6.92 Å². The third kappa shape index (κ3) is 5.20. The van der Waals surface area contributed by atoms with Crippen molar-refractivity contribution in [3.8, 4) is 0 Å². The highest BCUT2D eigenvalue weighted by molar-refractivity contribution is 6.04. The molecular formula is C16H22N2O4. The van der Waals surface area contributed by atoms with E-state index >= 15 is 0 Å². The number of rotatable bonds is 6. The summed E-state index contributed by atoms with van der Waals surface area (Å²) in [7, 11) is 1.28. The summed E-state index contributed by atoms with van der Waals surface area (Å²) in [6, 6.07) is 5.91. The Hall–Kier alpha value is -2.37. The first-order valence-electron chi connectivity index (χ1n) is 7.10. The van der Waals surface area contributed by atoms with E-state index in [1.54, 1.807) is 24.3 Å². The van der Waals surface area contributed by atoms with E-state index in [1.807, 2.05) is 13.8 Å². The molecule has 0 unspecified atom stereocenters. The van der Waals surface area contributed by atoms with Gasteiger partial charge in [0.15, 0.2) is 0 Å². The Bertz CT molecular complexity index is 555. The Morgan fingerprint density at radius 3 is 2.36 bits per heavy atom. The van der Waals surface area contributed by atoms with Crippen molar-refractivity contribution >= 4 is 23.5 Å². The van der Waals surface area contributed by atoms with Gasteiger partial charge in [-0.25, -0.2) is 4.79 Å². The molecule has 1 atom stereocenters. The predicted octanol–water partition coefficient (Wildman–Crippen LogP) is 1.96. The number of hydrogen-bond donors (Lipinski definition) is 2. The van der Waals surface area contributed by atoms with Crippen LogP contribution in [0.4, 0.5) is 5.69 Å². The summed E-state index contributed by atoms with van der Waals surface area (Å²) in [5.41, 5.74) is 0.705. The SMILES string of the molecule is COC(=O)[C@@H](CC(C)C)NC(=O)c1ccccc1NC(C)=O. The molecule has 22 heavy (non-hydrogen) atoms. The first-order valence-corrected chi connectivity index (χ1v) is 7.10. The van der Waals surface area contributed by atoms with Gasteiger partial charge in [0.2, 0.25) is 5.91 Å². The number of esters is 1. The summed E-state index contributed by atoms with van der Waals surface area (Å²) in [6.07, 6.45) is 0.473. The second-order valence-electron chi connectivity index (χ2n) is 5.41. The van der Waals surface area contributed by atoms with Crippen LogP contribution in [0, 0.1) is 5.92 Å². The first-order chi connectivity index (χ1) is 10.3. The van der Waals surface area contributed by atoms with Crippen LogP contribution >= 0.6 is 0 Å². The van der Waals surface area contributed by atoms with E-state index in [2.05, 4.69) is 10.6 Å². The molecule has 120 valence electrons. The molecular weight excluding hydrogens is 284 g/mol. The lowest BCUT2D eigenvalue weighted by molar-refractivity contribution is -0.143. The molecule has 1 rings (SSSR count). The summed E-state index contributed by atoms with van der Waals surface area (Å²) < 4.78 is 4.72. The molecule has 0 aromatic heterocycles. The molecule has 0 saturated carbocycles. The lowest BCUT2D eigenvalue weighted by atomic mass is 10.0. The largest absolute Gasteiger partial charge is 0.467 e. The molecule has 1 aromatic carbocycles. The van der Waals surface area contributed by atoms with Crippen molar-refractivity contribution < 1.29 is 19.1 Å². The Morgan fingerprint density at radius 2 is 1.82 bits per heavy atom. The zero-order valence-corrected chi connectivity index (χ0v) is 13.3. The second kappa shape index (κ2) is 8.17. The summed E-state index contributed by atoms with van der Waals surface area (Å²) in [6.45, 7) is 5.27. The van der Waals surface area contributed by atoms with Gasteiger partial charge in [-0.3, -0.25) is 9.59 Å². The Balaban J connectivity index is 2.94. The van der Waals surface area contributed by atoms with Gasteiger partial charge in [-0.2, -0.15) is 0 Å². The zero-order chi connectivity index (χ0) is 16.7. The van der Waals surface area contributed by atoms with Gasteiger partial charge in [-0.05, 0) is 24.5 Å². The van der Waals surface area contributed by atoms with Crippen molar-refractivity contribution in [3.63, 3.8) is 0 Å². The van der Waals surface area contributed by atoms with Gasteiger partial charge in [0.05, 0.1) is 18.4 Å². The number of benzene rings is 1. The van der Waals surface area contributed by atoms with Crippen LogP contribution in [-0.4, -0.2) is 30.9 Å². The lowest BCUT2D eigenvalue weighted by Crippen LogP contribution is -2.42. The van der Waals surface area contributed by atoms with Gasteiger partial charge in [0.1, 0.15) is 6.04 Å². The average molecular weight is 306 g/mol. The standard InChI is InChI=1S/C16H22N2O4/c1-10(2)9-14(16(21)22-4)18-15(20)12-7-5-6-8-13(12)17-11(3)19/h5-8,10,14H,9H2,1-4H3,(H,17,19)(H,18,20)/t14-/m1/s1. The van der Waals surface area contributed by atoms with Crippen molar-refractivity contribution in [2.45, 2.75) is 33.2 Å². The molecule has 0 bridgehead atoms. The molecule has 1 aromatic rings. The molecule has 0 spiro atoms. The maximum absolute atomic E-state index is 12.4. The number of para-hydroxylation sites is 1.